The lowest BCUT2D eigenvalue weighted by molar-refractivity contribution is 0.338. The molecule has 0 amide bonds. The van der Waals surface area contributed by atoms with Crippen molar-refractivity contribution in [2.24, 2.45) is 0 Å². The van der Waals surface area contributed by atoms with Crippen molar-refractivity contribution in [1.29, 1.82) is 5.26 Å². The van der Waals surface area contributed by atoms with Gasteiger partial charge < -0.3 is 9.47 Å². The van der Waals surface area contributed by atoms with Crippen molar-refractivity contribution < 1.29 is 9.47 Å². The summed E-state index contributed by atoms with van der Waals surface area (Å²) in [5.41, 5.74) is 1.35. The zero-order valence-corrected chi connectivity index (χ0v) is 11.9. The molecule has 102 valence electrons. The van der Waals surface area contributed by atoms with Gasteiger partial charge in [0, 0.05) is 11.9 Å². The van der Waals surface area contributed by atoms with Gasteiger partial charge in [-0.05, 0) is 36.8 Å². The van der Waals surface area contributed by atoms with Crippen LogP contribution < -0.4 is 9.47 Å². The van der Waals surface area contributed by atoms with Crippen molar-refractivity contribution in [3.63, 3.8) is 0 Å². The quantitative estimate of drug-likeness (QED) is 0.761. The van der Waals surface area contributed by atoms with Gasteiger partial charge in [-0.2, -0.15) is 5.26 Å². The Labute approximate surface area is 123 Å². The summed E-state index contributed by atoms with van der Waals surface area (Å²) in [4.78, 5) is 0. The summed E-state index contributed by atoms with van der Waals surface area (Å²) in [7, 11) is 0. The van der Waals surface area contributed by atoms with E-state index in [2.05, 4.69) is 6.07 Å². The van der Waals surface area contributed by atoms with E-state index in [4.69, 9.17) is 26.3 Å². The third-order valence-corrected chi connectivity index (χ3v) is 2.97. The first kappa shape index (κ1) is 14.2. The SMILES string of the molecule is CCOc1cccc(Oc2ccc(CCl)cc2C#N)c1. The van der Waals surface area contributed by atoms with Crippen molar-refractivity contribution in [3.05, 3.63) is 53.6 Å². The first-order chi connectivity index (χ1) is 9.76. The minimum Gasteiger partial charge on any atom is -0.494 e. The fraction of sp³-hybridized carbons (Fsp3) is 0.188. The van der Waals surface area contributed by atoms with Gasteiger partial charge in [-0.25, -0.2) is 0 Å². The standard InChI is InChI=1S/C16H14ClNO2/c1-2-19-14-4-3-5-15(9-14)20-16-7-6-12(10-17)8-13(16)11-18/h3-9H,2,10H2,1H3. The van der Waals surface area contributed by atoms with E-state index in [1.165, 1.54) is 0 Å². The first-order valence-electron chi connectivity index (χ1n) is 6.26. The number of alkyl halides is 1. The van der Waals surface area contributed by atoms with E-state index >= 15 is 0 Å². The van der Waals surface area contributed by atoms with Crippen molar-refractivity contribution in [2.75, 3.05) is 6.61 Å². The molecule has 0 N–H and O–H groups in total. The van der Waals surface area contributed by atoms with Crippen molar-refractivity contribution >= 4 is 11.6 Å². The maximum Gasteiger partial charge on any atom is 0.145 e. The van der Waals surface area contributed by atoms with Crippen LogP contribution in [-0.2, 0) is 5.88 Å². The second kappa shape index (κ2) is 6.83. The Bertz CT molecular complexity index is 635. The predicted molar refractivity (Wildman–Crippen MR) is 78.4 cm³/mol. The van der Waals surface area contributed by atoms with E-state index in [1.54, 1.807) is 18.2 Å². The zero-order chi connectivity index (χ0) is 14.4. The number of hydrogen-bond donors (Lipinski definition) is 0. The molecule has 0 heterocycles. The summed E-state index contributed by atoms with van der Waals surface area (Å²) in [5.74, 6) is 2.25. The molecular formula is C16H14ClNO2. The fourth-order valence-electron chi connectivity index (χ4n) is 1.76. The minimum absolute atomic E-state index is 0.370. The maximum absolute atomic E-state index is 9.16. The van der Waals surface area contributed by atoms with E-state index in [9.17, 15) is 0 Å². The Hall–Kier alpha value is -2.18. The van der Waals surface area contributed by atoms with E-state index < -0.39 is 0 Å². The second-order valence-corrected chi connectivity index (χ2v) is 4.35. The molecule has 0 aliphatic rings. The lowest BCUT2D eigenvalue weighted by Crippen LogP contribution is -1.93. The van der Waals surface area contributed by atoms with Crippen LogP contribution in [0.2, 0.25) is 0 Å². The molecule has 0 unspecified atom stereocenters. The number of nitriles is 1. The summed E-state index contributed by atoms with van der Waals surface area (Å²) < 4.78 is 11.2. The number of ether oxygens (including phenoxy) is 2. The van der Waals surface area contributed by atoms with Crippen LogP contribution in [0.5, 0.6) is 17.2 Å². The van der Waals surface area contributed by atoms with E-state index in [0.717, 1.165) is 11.3 Å². The highest BCUT2D eigenvalue weighted by Crippen LogP contribution is 2.28. The van der Waals surface area contributed by atoms with Gasteiger partial charge in [-0.15, -0.1) is 11.6 Å². The zero-order valence-electron chi connectivity index (χ0n) is 11.1. The van der Waals surface area contributed by atoms with Gasteiger partial charge in [0.25, 0.3) is 0 Å². The Morgan fingerprint density at radius 3 is 2.65 bits per heavy atom. The average Bonchev–Trinajstić information content (AvgIpc) is 2.48. The third kappa shape index (κ3) is 3.43. The molecule has 4 heteroatoms. The van der Waals surface area contributed by atoms with Crippen molar-refractivity contribution in [1.82, 2.24) is 0 Å². The lowest BCUT2D eigenvalue weighted by atomic mass is 10.1. The number of rotatable bonds is 5. The summed E-state index contributed by atoms with van der Waals surface area (Å²) in [5, 5.41) is 9.16. The molecule has 0 saturated carbocycles. The number of hydrogen-bond acceptors (Lipinski definition) is 3. The Morgan fingerprint density at radius 2 is 1.95 bits per heavy atom. The first-order valence-corrected chi connectivity index (χ1v) is 6.80. The van der Waals surface area contributed by atoms with Crippen LogP contribution in [0, 0.1) is 11.3 Å². The molecule has 0 atom stereocenters. The molecule has 2 aromatic rings. The second-order valence-electron chi connectivity index (χ2n) is 4.09. The molecule has 0 aliphatic heterocycles. The smallest absolute Gasteiger partial charge is 0.145 e. The third-order valence-electron chi connectivity index (χ3n) is 2.66. The summed E-state index contributed by atoms with van der Waals surface area (Å²) in [6.45, 7) is 2.52. The van der Waals surface area contributed by atoms with Gasteiger partial charge in [0.15, 0.2) is 0 Å². The van der Waals surface area contributed by atoms with Gasteiger partial charge in [-0.1, -0.05) is 12.1 Å². The largest absolute Gasteiger partial charge is 0.494 e. The Morgan fingerprint density at radius 1 is 1.15 bits per heavy atom. The van der Waals surface area contributed by atoms with Crippen LogP contribution >= 0.6 is 11.6 Å². The monoisotopic (exact) mass is 287 g/mol. The number of benzene rings is 2. The fourth-order valence-corrected chi connectivity index (χ4v) is 1.92. The van der Waals surface area contributed by atoms with Crippen LogP contribution in [0.3, 0.4) is 0 Å². The molecule has 0 aliphatic carbocycles. The van der Waals surface area contributed by atoms with Gasteiger partial charge in [0.1, 0.15) is 23.3 Å². The number of halogens is 1. The molecule has 0 aromatic heterocycles. The molecule has 0 spiro atoms. The molecule has 0 bridgehead atoms. The maximum atomic E-state index is 9.16. The van der Waals surface area contributed by atoms with E-state index in [1.807, 2.05) is 31.2 Å². The lowest BCUT2D eigenvalue weighted by Gasteiger charge is -2.10. The normalized spacial score (nSPS) is 9.85. The molecule has 2 rings (SSSR count). The van der Waals surface area contributed by atoms with Crippen LogP contribution in [0.15, 0.2) is 42.5 Å². The van der Waals surface area contributed by atoms with Crippen LogP contribution in [0.4, 0.5) is 0 Å². The Kier molecular flexibility index (Phi) is 4.86. The molecule has 0 fully saturated rings. The summed E-state index contributed by atoms with van der Waals surface area (Å²) >= 11 is 5.76. The molecule has 0 saturated heterocycles. The van der Waals surface area contributed by atoms with Gasteiger partial charge in [0.05, 0.1) is 12.2 Å². The average molecular weight is 288 g/mol. The highest BCUT2D eigenvalue weighted by molar-refractivity contribution is 6.17. The number of nitrogens with zero attached hydrogens (tertiary/aromatic N) is 1. The van der Waals surface area contributed by atoms with Crippen molar-refractivity contribution in [3.8, 4) is 23.3 Å². The minimum atomic E-state index is 0.370. The highest BCUT2D eigenvalue weighted by atomic mass is 35.5. The van der Waals surface area contributed by atoms with Gasteiger partial charge in [-0.3, -0.25) is 0 Å². The van der Waals surface area contributed by atoms with E-state index in [0.29, 0.717) is 29.5 Å². The van der Waals surface area contributed by atoms with Gasteiger partial charge >= 0.3 is 0 Å². The molecule has 20 heavy (non-hydrogen) atoms. The Balaban J connectivity index is 2.25. The molecule has 3 nitrogen and oxygen atoms in total. The van der Waals surface area contributed by atoms with Crippen LogP contribution in [0.1, 0.15) is 18.1 Å². The molecule has 2 aromatic carbocycles. The van der Waals surface area contributed by atoms with E-state index in [-0.39, 0.29) is 0 Å². The summed E-state index contributed by atoms with van der Waals surface area (Å²) in [6, 6.07) is 14.8. The van der Waals surface area contributed by atoms with Gasteiger partial charge in [0.2, 0.25) is 0 Å². The van der Waals surface area contributed by atoms with Crippen LogP contribution in [0.25, 0.3) is 0 Å². The molecule has 0 radical (unpaired) electrons. The van der Waals surface area contributed by atoms with Crippen LogP contribution in [-0.4, -0.2) is 6.61 Å². The van der Waals surface area contributed by atoms with Crippen molar-refractivity contribution in [2.45, 2.75) is 12.8 Å². The topological polar surface area (TPSA) is 42.2 Å². The summed E-state index contributed by atoms with van der Waals surface area (Å²) in [6.07, 6.45) is 0. The highest BCUT2D eigenvalue weighted by Gasteiger charge is 2.06. The predicted octanol–water partition coefficient (Wildman–Crippen LogP) is 4.49. The molecular weight excluding hydrogens is 274 g/mol.